The molecule has 202 valence electrons. The number of benzene rings is 1. The second-order valence-electron chi connectivity index (χ2n) is 8.40. The van der Waals surface area contributed by atoms with Crippen LogP contribution in [-0.4, -0.2) is 68.9 Å². The fourth-order valence-corrected chi connectivity index (χ4v) is 6.82. The third-order valence-electron chi connectivity index (χ3n) is 6.06. The summed E-state index contributed by atoms with van der Waals surface area (Å²) in [6.45, 7) is 7.09. The van der Waals surface area contributed by atoms with Crippen molar-refractivity contribution in [2.75, 3.05) is 38.7 Å². The molecule has 2 amide bonds. The van der Waals surface area contributed by atoms with E-state index >= 15 is 0 Å². The Hall–Kier alpha value is -2.96. The molecule has 1 aromatic carbocycles. The average molecular weight is 552 g/mol. The molecule has 2 aromatic rings. The fourth-order valence-electron chi connectivity index (χ4n) is 4.08. The number of carbonyl (C=O) groups excluding carboxylic acids is 3. The molecule has 3 rings (SSSR count). The minimum Gasteiger partial charge on any atom is -0.462 e. The number of nitrogens with one attached hydrogen (secondary N) is 1. The Labute approximate surface area is 221 Å². The van der Waals surface area contributed by atoms with Gasteiger partial charge in [-0.25, -0.2) is 18.0 Å². The summed E-state index contributed by atoms with van der Waals surface area (Å²) in [6, 6.07) is 5.73. The van der Waals surface area contributed by atoms with E-state index in [2.05, 4.69) is 5.32 Å². The number of anilines is 1. The standard InChI is InChI=1S/C25H33N3O7S2/c1-5-8-14-28(6-2)37(32,33)18-11-9-17(10-12-18)22(29)26-23-21(24(30)35-7-3)19-13-15-27(25(31)34-4)16-20(19)36-23/h9-12H,5-8,13-16H2,1-4H3,(H,26,29). The van der Waals surface area contributed by atoms with Gasteiger partial charge in [0.25, 0.3) is 5.91 Å². The van der Waals surface area contributed by atoms with E-state index in [1.54, 1.807) is 13.8 Å². The van der Waals surface area contributed by atoms with Crippen LogP contribution in [0.4, 0.5) is 9.80 Å². The third kappa shape index (κ3) is 6.31. The minimum absolute atomic E-state index is 0.115. The molecule has 0 spiro atoms. The van der Waals surface area contributed by atoms with Crippen LogP contribution in [0.15, 0.2) is 29.2 Å². The van der Waals surface area contributed by atoms with Gasteiger partial charge in [-0.2, -0.15) is 4.31 Å². The molecule has 0 saturated heterocycles. The maximum Gasteiger partial charge on any atom is 0.409 e. The van der Waals surface area contributed by atoms with Crippen molar-refractivity contribution in [3.8, 4) is 0 Å². The number of fused-ring (bicyclic) bond motifs is 1. The first-order chi connectivity index (χ1) is 17.7. The summed E-state index contributed by atoms with van der Waals surface area (Å²) in [7, 11) is -2.36. The summed E-state index contributed by atoms with van der Waals surface area (Å²) in [6.07, 6.45) is 1.60. The molecule has 2 heterocycles. The van der Waals surface area contributed by atoms with Gasteiger partial charge in [0.15, 0.2) is 0 Å². The summed E-state index contributed by atoms with van der Waals surface area (Å²) in [5.74, 6) is -1.04. The number of esters is 1. The molecular formula is C25H33N3O7S2. The molecule has 0 unspecified atom stereocenters. The van der Waals surface area contributed by atoms with Crippen LogP contribution in [-0.2, 0) is 32.5 Å². The summed E-state index contributed by atoms with van der Waals surface area (Å²) in [5.41, 5.74) is 1.27. The molecule has 1 aliphatic rings. The van der Waals surface area contributed by atoms with Gasteiger partial charge >= 0.3 is 12.1 Å². The topological polar surface area (TPSA) is 122 Å². The Balaban J connectivity index is 1.85. The van der Waals surface area contributed by atoms with Gasteiger partial charge < -0.3 is 19.7 Å². The minimum atomic E-state index is -3.67. The van der Waals surface area contributed by atoms with E-state index < -0.39 is 28.0 Å². The molecule has 0 saturated carbocycles. The van der Waals surface area contributed by atoms with Crippen LogP contribution in [0, 0.1) is 0 Å². The van der Waals surface area contributed by atoms with Gasteiger partial charge in [0.2, 0.25) is 10.0 Å². The zero-order chi connectivity index (χ0) is 27.2. The van der Waals surface area contributed by atoms with Crippen molar-refractivity contribution in [2.45, 2.75) is 51.5 Å². The first-order valence-electron chi connectivity index (χ1n) is 12.2. The molecule has 10 nitrogen and oxygen atoms in total. The number of hydrogen-bond acceptors (Lipinski definition) is 8. The number of sulfonamides is 1. The number of nitrogens with zero attached hydrogens (tertiary/aromatic N) is 2. The predicted octanol–water partition coefficient (Wildman–Crippen LogP) is 4.11. The van der Waals surface area contributed by atoms with Gasteiger partial charge in [0.1, 0.15) is 5.00 Å². The smallest absolute Gasteiger partial charge is 0.409 e. The molecular weight excluding hydrogens is 518 g/mol. The van der Waals surface area contributed by atoms with E-state index in [-0.39, 0.29) is 29.2 Å². The molecule has 0 fully saturated rings. The molecule has 1 aliphatic heterocycles. The molecule has 0 bridgehead atoms. The number of ether oxygens (including phenoxy) is 2. The highest BCUT2D eigenvalue weighted by Gasteiger charge is 2.31. The largest absolute Gasteiger partial charge is 0.462 e. The molecule has 12 heteroatoms. The van der Waals surface area contributed by atoms with Crippen molar-refractivity contribution in [3.05, 3.63) is 45.8 Å². The van der Waals surface area contributed by atoms with E-state index in [1.807, 2.05) is 6.92 Å². The maximum absolute atomic E-state index is 13.1. The Morgan fingerprint density at radius 2 is 1.84 bits per heavy atom. The highest BCUT2D eigenvalue weighted by atomic mass is 32.2. The number of carbonyl (C=O) groups is 3. The van der Waals surface area contributed by atoms with Crippen molar-refractivity contribution in [2.24, 2.45) is 0 Å². The highest BCUT2D eigenvalue weighted by molar-refractivity contribution is 7.89. The monoisotopic (exact) mass is 551 g/mol. The first-order valence-corrected chi connectivity index (χ1v) is 14.5. The Kier molecular flexibility index (Phi) is 9.68. The van der Waals surface area contributed by atoms with Crippen LogP contribution in [0.5, 0.6) is 0 Å². The van der Waals surface area contributed by atoms with Gasteiger partial charge in [0.05, 0.1) is 30.7 Å². The normalized spacial score (nSPS) is 13.3. The van der Waals surface area contributed by atoms with Gasteiger partial charge in [-0.15, -0.1) is 11.3 Å². The summed E-state index contributed by atoms with van der Waals surface area (Å²) >= 11 is 1.21. The van der Waals surface area contributed by atoms with Gasteiger partial charge in [-0.1, -0.05) is 20.3 Å². The molecule has 37 heavy (non-hydrogen) atoms. The molecule has 1 N–H and O–H groups in total. The summed E-state index contributed by atoms with van der Waals surface area (Å²) in [5, 5.41) is 3.11. The quantitative estimate of drug-likeness (QED) is 0.441. The summed E-state index contributed by atoms with van der Waals surface area (Å²) < 4.78 is 37.4. The lowest BCUT2D eigenvalue weighted by Crippen LogP contribution is -2.35. The van der Waals surface area contributed by atoms with Crippen LogP contribution in [0.2, 0.25) is 0 Å². The van der Waals surface area contributed by atoms with E-state index in [0.29, 0.717) is 31.1 Å². The van der Waals surface area contributed by atoms with Crippen LogP contribution in [0.25, 0.3) is 0 Å². The molecule has 0 radical (unpaired) electrons. The van der Waals surface area contributed by atoms with Crippen molar-refractivity contribution >= 4 is 44.3 Å². The number of unbranched alkanes of at least 4 members (excludes halogenated alkanes) is 1. The summed E-state index contributed by atoms with van der Waals surface area (Å²) in [4.78, 5) is 40.2. The first kappa shape index (κ1) is 28.6. The fraction of sp³-hybridized carbons (Fsp3) is 0.480. The lowest BCUT2D eigenvalue weighted by Gasteiger charge is -2.25. The van der Waals surface area contributed by atoms with Crippen LogP contribution < -0.4 is 5.32 Å². The lowest BCUT2D eigenvalue weighted by atomic mass is 10.0. The molecule has 1 aromatic heterocycles. The van der Waals surface area contributed by atoms with Crippen LogP contribution in [0.1, 0.15) is 64.8 Å². The van der Waals surface area contributed by atoms with E-state index in [1.165, 1.54) is 51.9 Å². The molecule has 0 atom stereocenters. The average Bonchev–Trinajstić information content (AvgIpc) is 3.25. The molecule has 0 aliphatic carbocycles. The zero-order valence-electron chi connectivity index (χ0n) is 21.5. The number of thiophene rings is 1. The van der Waals surface area contributed by atoms with Crippen LogP contribution >= 0.6 is 11.3 Å². The Morgan fingerprint density at radius 1 is 1.14 bits per heavy atom. The number of hydrogen-bond donors (Lipinski definition) is 1. The highest BCUT2D eigenvalue weighted by Crippen LogP contribution is 2.38. The van der Waals surface area contributed by atoms with Gasteiger partial charge in [0, 0.05) is 30.1 Å². The Morgan fingerprint density at radius 3 is 2.43 bits per heavy atom. The van der Waals surface area contributed by atoms with Gasteiger partial charge in [-0.05, 0) is 49.6 Å². The second kappa shape index (κ2) is 12.5. The second-order valence-corrected chi connectivity index (χ2v) is 11.4. The number of methoxy groups -OCH3 is 1. The van der Waals surface area contributed by atoms with E-state index in [0.717, 1.165) is 23.3 Å². The maximum atomic E-state index is 13.1. The third-order valence-corrected chi connectivity index (χ3v) is 9.19. The Bertz CT molecular complexity index is 1240. The van der Waals surface area contributed by atoms with Crippen molar-refractivity contribution < 1.29 is 32.3 Å². The predicted molar refractivity (Wildman–Crippen MR) is 141 cm³/mol. The van der Waals surface area contributed by atoms with E-state index in [4.69, 9.17) is 9.47 Å². The van der Waals surface area contributed by atoms with Crippen molar-refractivity contribution in [1.29, 1.82) is 0 Å². The van der Waals surface area contributed by atoms with Crippen molar-refractivity contribution in [3.63, 3.8) is 0 Å². The number of rotatable bonds is 10. The van der Waals surface area contributed by atoms with Crippen LogP contribution in [0.3, 0.4) is 0 Å². The van der Waals surface area contributed by atoms with Crippen molar-refractivity contribution in [1.82, 2.24) is 9.21 Å². The SMILES string of the molecule is CCCCN(CC)S(=O)(=O)c1ccc(C(=O)Nc2sc3c(c2C(=O)OCC)CCN(C(=O)OC)C3)cc1. The van der Waals surface area contributed by atoms with E-state index in [9.17, 15) is 22.8 Å². The lowest BCUT2D eigenvalue weighted by molar-refractivity contribution is 0.0526. The van der Waals surface area contributed by atoms with Gasteiger partial charge in [-0.3, -0.25) is 4.79 Å². The zero-order valence-corrected chi connectivity index (χ0v) is 23.2. The number of amides is 2.